The van der Waals surface area contributed by atoms with Gasteiger partial charge in [0.15, 0.2) is 0 Å². The number of aryl methyl sites for hydroxylation is 2. The fraction of sp³-hybridized carbons (Fsp3) is 0.222. The van der Waals surface area contributed by atoms with E-state index in [1.807, 2.05) is 57.2 Å². The second-order valence-corrected chi connectivity index (χ2v) is 5.92. The number of hydrogen-bond acceptors (Lipinski definition) is 5. The second-order valence-electron chi connectivity index (χ2n) is 5.92. The molecule has 0 radical (unpaired) electrons. The minimum Gasteiger partial charge on any atom is -0.347 e. The highest BCUT2D eigenvalue weighted by Crippen LogP contribution is 2.21. The van der Waals surface area contributed by atoms with Crippen molar-refractivity contribution in [2.75, 3.05) is 24.3 Å². The Labute approximate surface area is 146 Å². The number of nitrogens with one attached hydrogen (secondary N) is 1. The summed E-state index contributed by atoms with van der Waals surface area (Å²) in [4.78, 5) is 23.3. The third kappa shape index (κ3) is 3.50. The fourth-order valence-electron chi connectivity index (χ4n) is 2.48. The van der Waals surface area contributed by atoms with Crippen molar-refractivity contribution in [2.45, 2.75) is 13.8 Å². The van der Waals surface area contributed by atoms with Gasteiger partial charge in [0, 0.05) is 32.1 Å². The Balaban J connectivity index is 1.87. The molecule has 1 N–H and O–H groups in total. The molecular formula is C18H20N6O. The van der Waals surface area contributed by atoms with Gasteiger partial charge in [-0.2, -0.15) is 5.10 Å². The van der Waals surface area contributed by atoms with E-state index in [4.69, 9.17) is 0 Å². The normalized spacial score (nSPS) is 10.6. The van der Waals surface area contributed by atoms with E-state index in [0.717, 1.165) is 17.1 Å². The number of anilines is 2. The summed E-state index contributed by atoms with van der Waals surface area (Å²) in [7, 11) is 3.76. The molecule has 0 aliphatic heterocycles. The summed E-state index contributed by atoms with van der Waals surface area (Å²) >= 11 is 0. The maximum atomic E-state index is 12.7. The molecule has 0 aliphatic carbocycles. The third-order valence-electron chi connectivity index (χ3n) is 3.77. The minimum absolute atomic E-state index is 0.207. The van der Waals surface area contributed by atoms with Crippen LogP contribution in [0.2, 0.25) is 0 Å². The Morgan fingerprint density at radius 1 is 1.12 bits per heavy atom. The molecule has 0 atom stereocenters. The first-order valence-corrected chi connectivity index (χ1v) is 7.89. The molecule has 25 heavy (non-hydrogen) atoms. The summed E-state index contributed by atoms with van der Waals surface area (Å²) < 4.78 is 1.71. The maximum Gasteiger partial charge on any atom is 0.255 e. The Bertz CT molecular complexity index is 879. The van der Waals surface area contributed by atoms with Gasteiger partial charge in [-0.05, 0) is 38.1 Å². The van der Waals surface area contributed by atoms with Gasteiger partial charge in [0.1, 0.15) is 0 Å². The van der Waals surface area contributed by atoms with E-state index in [0.29, 0.717) is 17.2 Å². The zero-order valence-corrected chi connectivity index (χ0v) is 14.7. The molecule has 3 aromatic rings. The molecule has 1 amide bonds. The van der Waals surface area contributed by atoms with E-state index in [2.05, 4.69) is 20.4 Å². The number of benzene rings is 1. The zero-order chi connectivity index (χ0) is 18.0. The number of amides is 1. The van der Waals surface area contributed by atoms with Crippen molar-refractivity contribution in [1.82, 2.24) is 19.7 Å². The summed E-state index contributed by atoms with van der Waals surface area (Å²) in [5, 5.41) is 7.11. The Morgan fingerprint density at radius 3 is 2.44 bits per heavy atom. The van der Waals surface area contributed by atoms with Crippen molar-refractivity contribution >= 4 is 17.5 Å². The van der Waals surface area contributed by atoms with Crippen LogP contribution in [-0.4, -0.2) is 39.8 Å². The summed E-state index contributed by atoms with van der Waals surface area (Å²) in [6, 6.07) is 9.12. The monoisotopic (exact) mass is 336 g/mol. The van der Waals surface area contributed by atoms with Crippen LogP contribution >= 0.6 is 0 Å². The molecule has 2 heterocycles. The van der Waals surface area contributed by atoms with E-state index >= 15 is 0 Å². The van der Waals surface area contributed by atoms with Crippen molar-refractivity contribution in [3.8, 4) is 5.69 Å². The molecule has 1 aromatic carbocycles. The van der Waals surface area contributed by atoms with Crippen LogP contribution in [0.4, 0.5) is 11.6 Å². The van der Waals surface area contributed by atoms with Gasteiger partial charge in [0.2, 0.25) is 5.95 Å². The van der Waals surface area contributed by atoms with E-state index in [1.165, 1.54) is 0 Å². The van der Waals surface area contributed by atoms with Crippen LogP contribution in [0.3, 0.4) is 0 Å². The van der Waals surface area contributed by atoms with Gasteiger partial charge >= 0.3 is 0 Å². The van der Waals surface area contributed by atoms with Crippen LogP contribution in [0.5, 0.6) is 0 Å². The molecule has 128 valence electrons. The summed E-state index contributed by atoms with van der Waals surface area (Å²) in [6.07, 6.45) is 3.53. The average Bonchev–Trinajstić information content (AvgIpc) is 3.12. The number of hydrogen-bond donors (Lipinski definition) is 1. The Hall–Kier alpha value is -3.22. The zero-order valence-electron chi connectivity index (χ0n) is 14.7. The first-order chi connectivity index (χ1) is 12.0. The predicted octanol–water partition coefficient (Wildman–Crippen LogP) is 2.60. The lowest BCUT2D eigenvalue weighted by molar-refractivity contribution is 0.102. The molecule has 0 spiro atoms. The molecule has 0 saturated carbocycles. The van der Waals surface area contributed by atoms with E-state index in [-0.39, 0.29) is 5.91 Å². The fourth-order valence-corrected chi connectivity index (χ4v) is 2.48. The van der Waals surface area contributed by atoms with E-state index in [9.17, 15) is 4.79 Å². The topological polar surface area (TPSA) is 75.9 Å². The predicted molar refractivity (Wildman–Crippen MR) is 97.4 cm³/mol. The molecule has 0 bridgehead atoms. The number of carbonyl (C=O) groups is 1. The SMILES string of the molecule is Cc1nc(N(C)C)nc(C)c1NC(=O)c1cccc(-n2cccn2)c1. The smallest absolute Gasteiger partial charge is 0.255 e. The number of rotatable bonds is 4. The standard InChI is InChI=1S/C18H20N6O/c1-12-16(13(2)21-18(20-12)23(3)4)22-17(25)14-7-5-8-15(11-14)24-10-6-9-19-24/h5-11H,1-4H3,(H,22,25). The highest BCUT2D eigenvalue weighted by molar-refractivity contribution is 6.05. The number of nitrogens with zero attached hydrogens (tertiary/aromatic N) is 5. The van der Waals surface area contributed by atoms with Gasteiger partial charge in [-0.3, -0.25) is 4.79 Å². The van der Waals surface area contributed by atoms with Crippen LogP contribution in [0.15, 0.2) is 42.7 Å². The highest BCUT2D eigenvalue weighted by atomic mass is 16.1. The Morgan fingerprint density at radius 2 is 1.84 bits per heavy atom. The van der Waals surface area contributed by atoms with E-state index in [1.54, 1.807) is 23.0 Å². The van der Waals surface area contributed by atoms with Crippen LogP contribution < -0.4 is 10.2 Å². The molecule has 2 aromatic heterocycles. The molecule has 7 heteroatoms. The van der Waals surface area contributed by atoms with Gasteiger partial charge < -0.3 is 10.2 Å². The van der Waals surface area contributed by atoms with Crippen molar-refractivity contribution < 1.29 is 4.79 Å². The van der Waals surface area contributed by atoms with Crippen LogP contribution in [0, 0.1) is 13.8 Å². The van der Waals surface area contributed by atoms with Gasteiger partial charge in [-0.1, -0.05) is 6.07 Å². The summed E-state index contributed by atoms with van der Waals surface area (Å²) in [5.74, 6) is 0.412. The van der Waals surface area contributed by atoms with E-state index < -0.39 is 0 Å². The summed E-state index contributed by atoms with van der Waals surface area (Å²) in [5.41, 5.74) is 3.47. The lowest BCUT2D eigenvalue weighted by atomic mass is 10.1. The average molecular weight is 336 g/mol. The van der Waals surface area contributed by atoms with Crippen LogP contribution in [-0.2, 0) is 0 Å². The molecule has 0 fully saturated rings. The van der Waals surface area contributed by atoms with Gasteiger partial charge in [0.25, 0.3) is 5.91 Å². The minimum atomic E-state index is -0.207. The highest BCUT2D eigenvalue weighted by Gasteiger charge is 2.14. The van der Waals surface area contributed by atoms with Crippen LogP contribution in [0.1, 0.15) is 21.7 Å². The second kappa shape index (κ2) is 6.72. The van der Waals surface area contributed by atoms with Gasteiger partial charge in [0.05, 0.1) is 22.8 Å². The molecule has 7 nitrogen and oxygen atoms in total. The maximum absolute atomic E-state index is 12.7. The van der Waals surface area contributed by atoms with Crippen molar-refractivity contribution in [3.63, 3.8) is 0 Å². The lowest BCUT2D eigenvalue weighted by Crippen LogP contribution is -2.18. The first kappa shape index (κ1) is 16.6. The molecule has 0 aliphatic rings. The van der Waals surface area contributed by atoms with Crippen LogP contribution in [0.25, 0.3) is 5.69 Å². The third-order valence-corrected chi connectivity index (χ3v) is 3.77. The molecule has 3 rings (SSSR count). The van der Waals surface area contributed by atoms with Crippen molar-refractivity contribution in [3.05, 3.63) is 59.7 Å². The largest absolute Gasteiger partial charge is 0.347 e. The molecule has 0 unspecified atom stereocenters. The number of aromatic nitrogens is 4. The number of carbonyl (C=O) groups excluding carboxylic acids is 1. The van der Waals surface area contributed by atoms with Crippen molar-refractivity contribution in [1.29, 1.82) is 0 Å². The molecule has 0 saturated heterocycles. The summed E-state index contributed by atoms with van der Waals surface area (Å²) in [6.45, 7) is 3.72. The van der Waals surface area contributed by atoms with Gasteiger partial charge in [-0.15, -0.1) is 0 Å². The quantitative estimate of drug-likeness (QED) is 0.792. The van der Waals surface area contributed by atoms with Gasteiger partial charge in [-0.25, -0.2) is 14.6 Å². The molecular weight excluding hydrogens is 316 g/mol. The Kier molecular flexibility index (Phi) is 4.47. The first-order valence-electron chi connectivity index (χ1n) is 7.89. The van der Waals surface area contributed by atoms with Crippen molar-refractivity contribution in [2.24, 2.45) is 0 Å². The lowest BCUT2D eigenvalue weighted by Gasteiger charge is -2.16.